The summed E-state index contributed by atoms with van der Waals surface area (Å²) in [6.07, 6.45) is 1.52. The van der Waals surface area contributed by atoms with Crippen molar-refractivity contribution in [3.63, 3.8) is 0 Å². The third-order valence-electron chi connectivity index (χ3n) is 4.67. The number of imide groups is 1. The summed E-state index contributed by atoms with van der Waals surface area (Å²) in [5.41, 5.74) is 6.24. The molecule has 21 heavy (non-hydrogen) atoms. The summed E-state index contributed by atoms with van der Waals surface area (Å²) in [5, 5.41) is 0. The smallest absolute Gasteiger partial charge is 0.233 e. The first-order valence-corrected chi connectivity index (χ1v) is 7.34. The van der Waals surface area contributed by atoms with E-state index < -0.39 is 5.82 Å². The SMILES string of the molecule is CC1CC2C(=O)N(Cc3cccc(CN)c3F)C(=O)C2C1. The van der Waals surface area contributed by atoms with Gasteiger partial charge in [-0.25, -0.2) is 4.39 Å². The number of nitrogens with zero attached hydrogens (tertiary/aromatic N) is 1. The number of benzene rings is 1. The molecule has 0 aromatic heterocycles. The Morgan fingerprint density at radius 1 is 1.19 bits per heavy atom. The van der Waals surface area contributed by atoms with E-state index in [9.17, 15) is 14.0 Å². The van der Waals surface area contributed by atoms with E-state index in [1.165, 1.54) is 4.90 Å². The first kappa shape index (κ1) is 14.2. The summed E-state index contributed by atoms with van der Waals surface area (Å²) in [6.45, 7) is 2.18. The van der Waals surface area contributed by atoms with Crippen molar-refractivity contribution < 1.29 is 14.0 Å². The number of likely N-dealkylation sites (tertiary alicyclic amines) is 1. The first-order chi connectivity index (χ1) is 10.0. The minimum Gasteiger partial charge on any atom is -0.326 e. The molecule has 1 aliphatic carbocycles. The molecule has 0 bridgehead atoms. The van der Waals surface area contributed by atoms with E-state index in [0.717, 1.165) is 12.8 Å². The number of nitrogens with two attached hydrogens (primary N) is 1. The zero-order chi connectivity index (χ0) is 15.1. The molecule has 1 saturated carbocycles. The zero-order valence-electron chi connectivity index (χ0n) is 12.0. The maximum absolute atomic E-state index is 14.2. The zero-order valence-corrected chi connectivity index (χ0v) is 12.0. The highest BCUT2D eigenvalue weighted by Crippen LogP contribution is 2.43. The lowest BCUT2D eigenvalue weighted by molar-refractivity contribution is -0.141. The van der Waals surface area contributed by atoms with E-state index in [4.69, 9.17) is 5.73 Å². The predicted octanol–water partition coefficient (Wildman–Crippen LogP) is 1.82. The topological polar surface area (TPSA) is 63.4 Å². The second-order valence-corrected chi connectivity index (χ2v) is 6.15. The molecule has 1 aromatic rings. The summed E-state index contributed by atoms with van der Waals surface area (Å²) in [7, 11) is 0. The molecule has 1 heterocycles. The largest absolute Gasteiger partial charge is 0.326 e. The van der Waals surface area contributed by atoms with E-state index in [1.807, 2.05) is 0 Å². The average molecular weight is 290 g/mol. The van der Waals surface area contributed by atoms with Crippen LogP contribution in [-0.2, 0) is 22.7 Å². The Morgan fingerprint density at radius 3 is 2.33 bits per heavy atom. The molecule has 4 nitrogen and oxygen atoms in total. The lowest BCUT2D eigenvalue weighted by Crippen LogP contribution is -2.32. The number of carbonyl (C=O) groups is 2. The maximum atomic E-state index is 14.2. The molecule has 2 atom stereocenters. The Balaban J connectivity index is 1.83. The van der Waals surface area contributed by atoms with Crippen molar-refractivity contribution in [3.8, 4) is 0 Å². The van der Waals surface area contributed by atoms with Crippen LogP contribution in [0.25, 0.3) is 0 Å². The molecule has 2 N–H and O–H groups in total. The van der Waals surface area contributed by atoms with Crippen molar-refractivity contribution in [2.45, 2.75) is 32.9 Å². The van der Waals surface area contributed by atoms with Gasteiger partial charge >= 0.3 is 0 Å². The number of hydrogen-bond acceptors (Lipinski definition) is 3. The number of rotatable bonds is 3. The van der Waals surface area contributed by atoms with Crippen molar-refractivity contribution in [1.29, 1.82) is 0 Å². The van der Waals surface area contributed by atoms with E-state index in [0.29, 0.717) is 17.0 Å². The Kier molecular flexibility index (Phi) is 3.53. The molecular weight excluding hydrogens is 271 g/mol. The minimum absolute atomic E-state index is 0.0126. The molecule has 0 spiro atoms. The molecule has 2 unspecified atom stereocenters. The fourth-order valence-electron chi connectivity index (χ4n) is 3.59. The van der Waals surface area contributed by atoms with Crippen LogP contribution in [-0.4, -0.2) is 16.7 Å². The second-order valence-electron chi connectivity index (χ2n) is 6.15. The third-order valence-corrected chi connectivity index (χ3v) is 4.67. The predicted molar refractivity (Wildman–Crippen MR) is 75.2 cm³/mol. The summed E-state index contributed by atoms with van der Waals surface area (Å²) in [4.78, 5) is 26.0. The molecule has 112 valence electrons. The molecule has 2 fully saturated rings. The van der Waals surface area contributed by atoms with Gasteiger partial charge in [0.1, 0.15) is 5.82 Å². The molecule has 2 aliphatic rings. The highest BCUT2D eigenvalue weighted by Gasteiger charge is 2.51. The van der Waals surface area contributed by atoms with Crippen molar-refractivity contribution in [2.24, 2.45) is 23.5 Å². The fourth-order valence-corrected chi connectivity index (χ4v) is 3.59. The number of halogens is 1. The van der Waals surface area contributed by atoms with Gasteiger partial charge in [-0.1, -0.05) is 25.1 Å². The van der Waals surface area contributed by atoms with Crippen molar-refractivity contribution in [1.82, 2.24) is 4.90 Å². The van der Waals surface area contributed by atoms with Gasteiger partial charge in [-0.2, -0.15) is 0 Å². The van der Waals surface area contributed by atoms with Gasteiger partial charge in [0.15, 0.2) is 0 Å². The molecule has 1 aliphatic heterocycles. The first-order valence-electron chi connectivity index (χ1n) is 7.34. The maximum Gasteiger partial charge on any atom is 0.233 e. The fraction of sp³-hybridized carbons (Fsp3) is 0.500. The Labute approximate surface area is 123 Å². The highest BCUT2D eigenvalue weighted by atomic mass is 19.1. The standard InChI is InChI=1S/C16H19FN2O2/c1-9-5-12-13(6-9)16(21)19(15(12)20)8-11-4-2-3-10(7-18)14(11)17/h2-4,9,12-13H,5-8,18H2,1H3. The van der Waals surface area contributed by atoms with Gasteiger partial charge < -0.3 is 5.73 Å². The van der Waals surface area contributed by atoms with E-state index in [1.54, 1.807) is 18.2 Å². The number of hydrogen-bond donors (Lipinski definition) is 1. The number of carbonyl (C=O) groups excluding carboxylic acids is 2. The Morgan fingerprint density at radius 2 is 1.76 bits per heavy atom. The van der Waals surface area contributed by atoms with Gasteiger partial charge in [-0.05, 0) is 18.8 Å². The molecule has 1 saturated heterocycles. The molecule has 1 aromatic carbocycles. The van der Waals surface area contributed by atoms with Crippen LogP contribution in [0.3, 0.4) is 0 Å². The van der Waals surface area contributed by atoms with Crippen molar-refractivity contribution >= 4 is 11.8 Å². The van der Waals surface area contributed by atoms with Crippen LogP contribution in [0.15, 0.2) is 18.2 Å². The molecule has 2 amide bonds. The third kappa shape index (κ3) is 2.25. The lowest BCUT2D eigenvalue weighted by Gasteiger charge is -2.18. The van der Waals surface area contributed by atoms with Crippen LogP contribution >= 0.6 is 0 Å². The summed E-state index contributed by atoms with van der Waals surface area (Å²) >= 11 is 0. The van der Waals surface area contributed by atoms with Crippen LogP contribution in [0.1, 0.15) is 30.9 Å². The summed E-state index contributed by atoms with van der Waals surface area (Å²) in [5.74, 6) is -0.696. The van der Waals surface area contributed by atoms with Crippen LogP contribution in [0.5, 0.6) is 0 Å². The number of fused-ring (bicyclic) bond motifs is 1. The molecule has 0 radical (unpaired) electrons. The average Bonchev–Trinajstić information content (AvgIpc) is 2.94. The lowest BCUT2D eigenvalue weighted by atomic mass is 10.00. The molecular formula is C16H19FN2O2. The van der Waals surface area contributed by atoms with E-state index in [-0.39, 0.29) is 36.7 Å². The van der Waals surface area contributed by atoms with Gasteiger partial charge in [0.25, 0.3) is 0 Å². The minimum atomic E-state index is -0.411. The molecule has 5 heteroatoms. The van der Waals surface area contributed by atoms with Crippen LogP contribution < -0.4 is 5.73 Å². The quantitative estimate of drug-likeness (QED) is 0.864. The van der Waals surface area contributed by atoms with E-state index >= 15 is 0 Å². The Hall–Kier alpha value is -1.75. The van der Waals surface area contributed by atoms with Gasteiger partial charge in [-0.15, -0.1) is 0 Å². The summed E-state index contributed by atoms with van der Waals surface area (Å²) < 4.78 is 14.2. The highest BCUT2D eigenvalue weighted by molar-refractivity contribution is 6.05. The van der Waals surface area contributed by atoms with Crippen LogP contribution in [0, 0.1) is 23.6 Å². The van der Waals surface area contributed by atoms with Gasteiger partial charge in [0.2, 0.25) is 11.8 Å². The van der Waals surface area contributed by atoms with Crippen LogP contribution in [0.2, 0.25) is 0 Å². The number of amides is 2. The van der Waals surface area contributed by atoms with Crippen LogP contribution in [0.4, 0.5) is 4.39 Å². The summed E-state index contributed by atoms with van der Waals surface area (Å²) in [6, 6.07) is 4.92. The Bertz CT molecular complexity index is 578. The van der Waals surface area contributed by atoms with Crippen molar-refractivity contribution in [2.75, 3.05) is 0 Å². The monoisotopic (exact) mass is 290 g/mol. The van der Waals surface area contributed by atoms with Gasteiger partial charge in [0, 0.05) is 17.7 Å². The van der Waals surface area contributed by atoms with Gasteiger partial charge in [-0.3, -0.25) is 14.5 Å². The normalized spacial score (nSPS) is 28.3. The van der Waals surface area contributed by atoms with E-state index in [2.05, 4.69) is 6.92 Å². The van der Waals surface area contributed by atoms with Crippen molar-refractivity contribution in [3.05, 3.63) is 35.1 Å². The van der Waals surface area contributed by atoms with Gasteiger partial charge in [0.05, 0.1) is 18.4 Å². The molecule has 3 rings (SSSR count). The second kappa shape index (κ2) is 5.22.